The number of thiophene rings is 1. The third-order valence-electron chi connectivity index (χ3n) is 2.92. The first-order chi connectivity index (χ1) is 10.2. The highest BCUT2D eigenvalue weighted by Gasteiger charge is 2.13. The Balaban J connectivity index is 2.10. The van der Waals surface area contributed by atoms with Gasteiger partial charge < -0.3 is 11.1 Å². The van der Waals surface area contributed by atoms with Crippen molar-refractivity contribution in [2.45, 2.75) is 13.3 Å². The SMILES string of the molecule is CCCNc1nc(-n2cc(C(N)=O)cn2)c2ccsc2n1. The third-order valence-corrected chi connectivity index (χ3v) is 3.73. The quantitative estimate of drug-likeness (QED) is 0.748. The summed E-state index contributed by atoms with van der Waals surface area (Å²) in [6.07, 6.45) is 3.99. The number of hydrogen-bond donors (Lipinski definition) is 2. The summed E-state index contributed by atoms with van der Waals surface area (Å²) in [5, 5.41) is 10.2. The molecule has 0 saturated carbocycles. The van der Waals surface area contributed by atoms with E-state index in [1.54, 1.807) is 10.9 Å². The first kappa shape index (κ1) is 13.5. The molecule has 0 saturated heterocycles. The van der Waals surface area contributed by atoms with E-state index >= 15 is 0 Å². The van der Waals surface area contributed by atoms with E-state index in [9.17, 15) is 4.79 Å². The topological polar surface area (TPSA) is 98.7 Å². The third kappa shape index (κ3) is 2.57. The predicted molar refractivity (Wildman–Crippen MR) is 81.8 cm³/mol. The Hall–Kier alpha value is -2.48. The first-order valence-corrected chi connectivity index (χ1v) is 7.41. The predicted octanol–water partition coefficient (Wildman–Crippen LogP) is 1.80. The second kappa shape index (κ2) is 5.49. The van der Waals surface area contributed by atoms with Gasteiger partial charge in [0.1, 0.15) is 4.83 Å². The molecule has 3 rings (SSSR count). The van der Waals surface area contributed by atoms with E-state index in [-0.39, 0.29) is 0 Å². The van der Waals surface area contributed by atoms with Gasteiger partial charge in [0.2, 0.25) is 5.95 Å². The fraction of sp³-hybridized carbons (Fsp3) is 0.231. The van der Waals surface area contributed by atoms with Crippen molar-refractivity contribution in [1.82, 2.24) is 19.7 Å². The largest absolute Gasteiger partial charge is 0.366 e. The van der Waals surface area contributed by atoms with Crippen molar-refractivity contribution in [3.63, 3.8) is 0 Å². The maximum absolute atomic E-state index is 11.2. The molecule has 1 amide bonds. The Labute approximate surface area is 124 Å². The summed E-state index contributed by atoms with van der Waals surface area (Å²) in [6.45, 7) is 2.87. The lowest BCUT2D eigenvalue weighted by Crippen LogP contribution is -2.10. The number of primary amides is 1. The molecule has 3 aromatic rings. The van der Waals surface area contributed by atoms with Gasteiger partial charge in [-0.2, -0.15) is 10.1 Å². The highest BCUT2D eigenvalue weighted by molar-refractivity contribution is 7.16. The highest BCUT2D eigenvalue weighted by atomic mass is 32.1. The van der Waals surface area contributed by atoms with Gasteiger partial charge in [0.05, 0.1) is 17.1 Å². The van der Waals surface area contributed by atoms with Crippen LogP contribution in [0.2, 0.25) is 0 Å². The fourth-order valence-corrected chi connectivity index (χ4v) is 2.65. The van der Waals surface area contributed by atoms with E-state index in [1.165, 1.54) is 17.5 Å². The maximum atomic E-state index is 11.2. The monoisotopic (exact) mass is 302 g/mol. The van der Waals surface area contributed by atoms with Crippen molar-refractivity contribution in [2.24, 2.45) is 5.73 Å². The number of hydrogen-bond acceptors (Lipinski definition) is 6. The molecule has 0 bridgehead atoms. The summed E-state index contributed by atoms with van der Waals surface area (Å²) in [7, 11) is 0. The summed E-state index contributed by atoms with van der Waals surface area (Å²) < 4.78 is 1.55. The van der Waals surface area contributed by atoms with Gasteiger partial charge in [-0.1, -0.05) is 6.92 Å². The molecule has 0 spiro atoms. The van der Waals surface area contributed by atoms with E-state index in [1.807, 2.05) is 11.4 Å². The lowest BCUT2D eigenvalue weighted by atomic mass is 10.3. The Kier molecular flexibility index (Phi) is 3.53. The van der Waals surface area contributed by atoms with Crippen molar-refractivity contribution >= 4 is 33.4 Å². The van der Waals surface area contributed by atoms with Gasteiger partial charge in [-0.05, 0) is 17.9 Å². The number of nitrogens with zero attached hydrogens (tertiary/aromatic N) is 4. The van der Waals surface area contributed by atoms with Crippen LogP contribution in [0, 0.1) is 0 Å². The molecule has 0 aromatic carbocycles. The first-order valence-electron chi connectivity index (χ1n) is 6.53. The molecule has 0 aliphatic rings. The van der Waals surface area contributed by atoms with Gasteiger partial charge >= 0.3 is 0 Å². The number of rotatable bonds is 5. The average Bonchev–Trinajstić information content (AvgIpc) is 3.12. The van der Waals surface area contributed by atoms with Gasteiger partial charge in [-0.3, -0.25) is 4.79 Å². The van der Waals surface area contributed by atoms with Crippen LogP contribution in [0.5, 0.6) is 0 Å². The summed E-state index contributed by atoms with van der Waals surface area (Å²) in [6, 6.07) is 1.94. The Bertz CT molecular complexity index is 793. The van der Waals surface area contributed by atoms with E-state index in [0.29, 0.717) is 17.3 Å². The van der Waals surface area contributed by atoms with E-state index < -0.39 is 5.91 Å². The van der Waals surface area contributed by atoms with Crippen molar-refractivity contribution in [2.75, 3.05) is 11.9 Å². The molecule has 0 aliphatic heterocycles. The van der Waals surface area contributed by atoms with E-state index in [0.717, 1.165) is 23.2 Å². The molecule has 7 nitrogen and oxygen atoms in total. The van der Waals surface area contributed by atoms with Crippen LogP contribution < -0.4 is 11.1 Å². The van der Waals surface area contributed by atoms with Crippen LogP contribution in [0.15, 0.2) is 23.8 Å². The molecule has 0 aliphatic carbocycles. The smallest absolute Gasteiger partial charge is 0.251 e. The molecular weight excluding hydrogens is 288 g/mol. The summed E-state index contributed by atoms with van der Waals surface area (Å²) in [5.74, 6) is 0.673. The van der Waals surface area contributed by atoms with Crippen LogP contribution in [0.25, 0.3) is 16.0 Å². The van der Waals surface area contributed by atoms with Crippen LogP contribution in [-0.2, 0) is 0 Å². The number of anilines is 1. The Morgan fingerprint density at radius 2 is 2.33 bits per heavy atom. The lowest BCUT2D eigenvalue weighted by Gasteiger charge is -2.07. The second-order valence-electron chi connectivity index (χ2n) is 4.47. The van der Waals surface area contributed by atoms with Crippen molar-refractivity contribution in [1.29, 1.82) is 0 Å². The lowest BCUT2D eigenvalue weighted by molar-refractivity contribution is 0.100. The van der Waals surface area contributed by atoms with Gasteiger partial charge in [0.25, 0.3) is 5.91 Å². The summed E-state index contributed by atoms with van der Waals surface area (Å²) >= 11 is 1.53. The summed E-state index contributed by atoms with van der Waals surface area (Å²) in [4.78, 5) is 21.0. The molecule has 21 heavy (non-hydrogen) atoms. The number of fused-ring (bicyclic) bond motifs is 1. The van der Waals surface area contributed by atoms with Crippen LogP contribution in [0.3, 0.4) is 0 Å². The van der Waals surface area contributed by atoms with Gasteiger partial charge in [0, 0.05) is 12.7 Å². The molecule has 0 atom stereocenters. The number of nitrogens with two attached hydrogens (primary N) is 1. The zero-order valence-electron chi connectivity index (χ0n) is 11.4. The van der Waals surface area contributed by atoms with Gasteiger partial charge in [0.15, 0.2) is 5.82 Å². The second-order valence-corrected chi connectivity index (χ2v) is 5.37. The van der Waals surface area contributed by atoms with Crippen molar-refractivity contribution in [3.8, 4) is 5.82 Å². The highest BCUT2D eigenvalue weighted by Crippen LogP contribution is 2.25. The van der Waals surface area contributed by atoms with Crippen LogP contribution >= 0.6 is 11.3 Å². The zero-order valence-corrected chi connectivity index (χ0v) is 12.2. The van der Waals surface area contributed by atoms with Crippen LogP contribution in [0.1, 0.15) is 23.7 Å². The number of amides is 1. The molecule has 0 unspecified atom stereocenters. The number of carbonyl (C=O) groups excluding carboxylic acids is 1. The minimum Gasteiger partial charge on any atom is -0.366 e. The fourth-order valence-electron chi connectivity index (χ4n) is 1.90. The minimum atomic E-state index is -0.513. The van der Waals surface area contributed by atoms with Crippen LogP contribution in [-0.4, -0.2) is 32.2 Å². The molecule has 0 radical (unpaired) electrons. The molecule has 0 fully saturated rings. The molecule has 3 aromatic heterocycles. The molecule has 108 valence electrons. The zero-order chi connectivity index (χ0) is 14.8. The summed E-state index contributed by atoms with van der Waals surface area (Å²) in [5.41, 5.74) is 5.61. The number of aromatic nitrogens is 4. The standard InChI is InChI=1S/C13H14N6OS/c1-2-4-15-13-17-11(9-3-5-21-12(9)18-13)19-7-8(6-16-19)10(14)20/h3,5-7H,2,4H2,1H3,(H2,14,20)(H,15,17,18). The van der Waals surface area contributed by atoms with Gasteiger partial charge in [-0.15, -0.1) is 11.3 Å². The van der Waals surface area contributed by atoms with Crippen LogP contribution in [0.4, 0.5) is 5.95 Å². The average molecular weight is 302 g/mol. The Morgan fingerprint density at radius 1 is 1.48 bits per heavy atom. The molecular formula is C13H14N6OS. The van der Waals surface area contributed by atoms with Crippen molar-refractivity contribution in [3.05, 3.63) is 29.4 Å². The molecule has 8 heteroatoms. The van der Waals surface area contributed by atoms with Gasteiger partial charge in [-0.25, -0.2) is 9.67 Å². The van der Waals surface area contributed by atoms with E-state index in [4.69, 9.17) is 5.73 Å². The number of carbonyl (C=O) groups is 1. The molecule has 3 heterocycles. The minimum absolute atomic E-state index is 0.347. The van der Waals surface area contributed by atoms with E-state index in [2.05, 4.69) is 27.3 Å². The molecule has 3 N–H and O–H groups in total. The number of nitrogens with one attached hydrogen (secondary N) is 1. The van der Waals surface area contributed by atoms with Crippen molar-refractivity contribution < 1.29 is 4.79 Å². The normalized spacial score (nSPS) is 10.9. The Morgan fingerprint density at radius 3 is 3.05 bits per heavy atom. The maximum Gasteiger partial charge on any atom is 0.251 e.